The lowest BCUT2D eigenvalue weighted by molar-refractivity contribution is 0.0703. The third kappa shape index (κ3) is 3.95. The van der Waals surface area contributed by atoms with Crippen molar-refractivity contribution in [3.8, 4) is 5.69 Å². The molecule has 0 bridgehead atoms. The molecule has 32 heavy (non-hydrogen) atoms. The molecule has 11 heteroatoms. The van der Waals surface area contributed by atoms with Gasteiger partial charge in [-0.1, -0.05) is 6.07 Å². The van der Waals surface area contributed by atoms with Gasteiger partial charge in [0, 0.05) is 37.7 Å². The molecule has 2 aliphatic rings. The monoisotopic (exact) mass is 438 g/mol. The zero-order valence-corrected chi connectivity index (χ0v) is 18.0. The topological polar surface area (TPSA) is 113 Å². The summed E-state index contributed by atoms with van der Waals surface area (Å²) in [5, 5.41) is 15.9. The van der Waals surface area contributed by atoms with Gasteiger partial charge in [-0.2, -0.15) is 5.10 Å². The lowest BCUT2D eigenvalue weighted by Gasteiger charge is -2.32. The molecule has 1 atom stereocenters. The number of nitrogens with zero attached hydrogens (tertiary/aromatic N) is 8. The van der Waals surface area contributed by atoms with Gasteiger partial charge in [0.25, 0.3) is 5.91 Å². The molecule has 1 aliphatic heterocycles. The largest absolute Gasteiger partial charge is 0.383 e. The molecule has 2 fully saturated rings. The van der Waals surface area contributed by atoms with E-state index in [0.29, 0.717) is 31.8 Å². The number of tetrazole rings is 1. The molecule has 0 radical (unpaired) electrons. The summed E-state index contributed by atoms with van der Waals surface area (Å²) >= 11 is 0. The van der Waals surface area contributed by atoms with Gasteiger partial charge in [0.2, 0.25) is 0 Å². The van der Waals surface area contributed by atoms with Gasteiger partial charge >= 0.3 is 5.69 Å². The van der Waals surface area contributed by atoms with Crippen LogP contribution in [0.15, 0.2) is 35.4 Å². The van der Waals surface area contributed by atoms with Gasteiger partial charge in [0.05, 0.1) is 18.8 Å². The highest BCUT2D eigenvalue weighted by Crippen LogP contribution is 2.37. The van der Waals surface area contributed by atoms with E-state index in [1.807, 2.05) is 21.6 Å². The Kier molecular flexibility index (Phi) is 5.56. The Morgan fingerprint density at radius 2 is 2.12 bits per heavy atom. The summed E-state index contributed by atoms with van der Waals surface area (Å²) in [6.07, 6.45) is 5.27. The van der Waals surface area contributed by atoms with Crippen molar-refractivity contribution in [2.45, 2.75) is 44.2 Å². The van der Waals surface area contributed by atoms with Crippen molar-refractivity contribution < 1.29 is 9.53 Å². The van der Waals surface area contributed by atoms with Crippen LogP contribution in [-0.4, -0.2) is 72.2 Å². The molecule has 1 amide bonds. The third-order valence-electron chi connectivity index (χ3n) is 6.10. The zero-order valence-electron chi connectivity index (χ0n) is 18.0. The van der Waals surface area contributed by atoms with Crippen LogP contribution < -0.4 is 5.69 Å². The molecule has 1 aliphatic carbocycles. The maximum atomic E-state index is 13.3. The quantitative estimate of drug-likeness (QED) is 0.541. The fourth-order valence-electron chi connectivity index (χ4n) is 4.33. The van der Waals surface area contributed by atoms with Crippen molar-refractivity contribution in [3.63, 3.8) is 0 Å². The molecule has 1 aromatic carbocycles. The average molecular weight is 438 g/mol. The summed E-state index contributed by atoms with van der Waals surface area (Å²) < 4.78 is 10.0. The minimum absolute atomic E-state index is 0.0347. The second-order valence-corrected chi connectivity index (χ2v) is 8.35. The Bertz CT molecular complexity index is 1150. The number of benzene rings is 1. The molecule has 5 rings (SSSR count). The number of carbonyl (C=O) groups excluding carboxylic acids is 1. The lowest BCUT2D eigenvalue weighted by Crippen LogP contribution is -2.40. The van der Waals surface area contributed by atoms with E-state index >= 15 is 0 Å². The van der Waals surface area contributed by atoms with Gasteiger partial charge in [-0.05, 0) is 54.3 Å². The molecule has 168 valence electrons. The third-order valence-corrected chi connectivity index (χ3v) is 6.10. The van der Waals surface area contributed by atoms with Crippen LogP contribution >= 0.6 is 0 Å². The van der Waals surface area contributed by atoms with E-state index in [-0.39, 0.29) is 23.6 Å². The Morgan fingerprint density at radius 3 is 2.88 bits per heavy atom. The minimum atomic E-state index is -0.0721. The number of amides is 1. The SMILES string of the molecule is COCCn1nc(C2CCCN(C(=O)c3cccc(-n4cnnn4)c3)C2)n(C2CC2)c1=O. The van der Waals surface area contributed by atoms with E-state index in [0.717, 1.165) is 37.2 Å². The summed E-state index contributed by atoms with van der Waals surface area (Å²) in [6, 6.07) is 7.51. The predicted molar refractivity (Wildman–Crippen MR) is 114 cm³/mol. The summed E-state index contributed by atoms with van der Waals surface area (Å²) in [5.41, 5.74) is 1.25. The van der Waals surface area contributed by atoms with Crippen LogP contribution in [0.2, 0.25) is 0 Å². The first-order valence-electron chi connectivity index (χ1n) is 11.0. The second kappa shape index (κ2) is 8.65. The minimum Gasteiger partial charge on any atom is -0.383 e. The van der Waals surface area contributed by atoms with E-state index in [9.17, 15) is 9.59 Å². The van der Waals surface area contributed by atoms with Crippen molar-refractivity contribution in [3.05, 3.63) is 52.5 Å². The van der Waals surface area contributed by atoms with E-state index in [1.54, 1.807) is 19.2 Å². The maximum Gasteiger partial charge on any atom is 0.346 e. The molecule has 3 heterocycles. The van der Waals surface area contributed by atoms with Crippen LogP contribution in [-0.2, 0) is 11.3 Å². The summed E-state index contributed by atoms with van der Waals surface area (Å²) in [4.78, 5) is 28.1. The summed E-state index contributed by atoms with van der Waals surface area (Å²) in [5.74, 6) is 0.796. The number of rotatable bonds is 7. The number of methoxy groups -OCH3 is 1. The Labute approximate surface area is 184 Å². The van der Waals surface area contributed by atoms with Crippen LogP contribution in [0.5, 0.6) is 0 Å². The molecular weight excluding hydrogens is 412 g/mol. The predicted octanol–water partition coefficient (Wildman–Crippen LogP) is 1.02. The summed E-state index contributed by atoms with van der Waals surface area (Å²) in [7, 11) is 1.61. The van der Waals surface area contributed by atoms with Crippen molar-refractivity contribution in [2.24, 2.45) is 0 Å². The Balaban J connectivity index is 1.38. The molecular formula is C21H26N8O3. The van der Waals surface area contributed by atoms with Crippen LogP contribution in [0.3, 0.4) is 0 Å². The number of aromatic nitrogens is 7. The highest BCUT2D eigenvalue weighted by atomic mass is 16.5. The average Bonchev–Trinajstić information content (AvgIpc) is 3.39. The first-order chi connectivity index (χ1) is 15.7. The molecule has 0 spiro atoms. The van der Waals surface area contributed by atoms with Gasteiger partial charge in [-0.3, -0.25) is 9.36 Å². The molecule has 11 nitrogen and oxygen atoms in total. The number of likely N-dealkylation sites (tertiary alicyclic amines) is 1. The highest BCUT2D eigenvalue weighted by Gasteiger charge is 2.35. The lowest BCUT2D eigenvalue weighted by atomic mass is 9.96. The van der Waals surface area contributed by atoms with Crippen LogP contribution in [0.1, 0.15) is 53.8 Å². The fourth-order valence-corrected chi connectivity index (χ4v) is 4.33. The number of carbonyl (C=O) groups is 1. The molecule has 0 N–H and O–H groups in total. The molecule has 1 unspecified atom stereocenters. The van der Waals surface area contributed by atoms with Crippen LogP contribution in [0, 0.1) is 0 Å². The number of hydrogen-bond acceptors (Lipinski definition) is 7. The van der Waals surface area contributed by atoms with Gasteiger partial charge in [0.1, 0.15) is 12.2 Å². The number of ether oxygens (including phenoxy) is 1. The first kappa shape index (κ1) is 20.6. The van der Waals surface area contributed by atoms with Crippen molar-refractivity contribution in [2.75, 3.05) is 26.8 Å². The first-order valence-corrected chi connectivity index (χ1v) is 11.0. The van der Waals surface area contributed by atoms with Gasteiger partial charge in [-0.25, -0.2) is 14.2 Å². The van der Waals surface area contributed by atoms with Gasteiger partial charge in [0.15, 0.2) is 0 Å². The maximum absolute atomic E-state index is 13.3. The van der Waals surface area contributed by atoms with Crippen molar-refractivity contribution in [1.29, 1.82) is 0 Å². The van der Waals surface area contributed by atoms with E-state index in [1.165, 1.54) is 15.7 Å². The normalized spacial score (nSPS) is 18.8. The highest BCUT2D eigenvalue weighted by molar-refractivity contribution is 5.94. The second-order valence-electron chi connectivity index (χ2n) is 8.35. The smallest absolute Gasteiger partial charge is 0.346 e. The van der Waals surface area contributed by atoms with E-state index in [2.05, 4.69) is 20.6 Å². The molecule has 1 saturated carbocycles. The van der Waals surface area contributed by atoms with E-state index < -0.39 is 0 Å². The fraction of sp³-hybridized carbons (Fsp3) is 0.524. The molecule has 3 aromatic rings. The van der Waals surface area contributed by atoms with Gasteiger partial charge in [-0.15, -0.1) is 5.10 Å². The van der Waals surface area contributed by atoms with E-state index in [4.69, 9.17) is 4.74 Å². The zero-order chi connectivity index (χ0) is 22.1. The van der Waals surface area contributed by atoms with Crippen molar-refractivity contribution in [1.82, 2.24) is 39.5 Å². The standard InChI is InChI=1S/C21H26N8O3/c1-32-11-10-27-21(31)29(17-7-8-17)19(23-27)16-5-3-9-26(13-16)20(30)15-4-2-6-18(12-15)28-14-22-24-25-28/h2,4,6,12,14,16-17H,3,5,7-11,13H2,1H3. The van der Waals surface area contributed by atoms with Gasteiger partial charge < -0.3 is 9.64 Å². The molecule has 2 aromatic heterocycles. The van der Waals surface area contributed by atoms with Crippen LogP contribution in [0.25, 0.3) is 5.69 Å². The van der Waals surface area contributed by atoms with Crippen LogP contribution in [0.4, 0.5) is 0 Å². The number of piperidine rings is 1. The number of hydrogen-bond donors (Lipinski definition) is 0. The Hall–Kier alpha value is -3.34. The van der Waals surface area contributed by atoms with Crippen molar-refractivity contribution >= 4 is 5.91 Å². The molecule has 1 saturated heterocycles. The Morgan fingerprint density at radius 1 is 1.25 bits per heavy atom. The summed E-state index contributed by atoms with van der Waals surface area (Å²) in [6.45, 7) is 2.10.